The van der Waals surface area contributed by atoms with Crippen LogP contribution in [-0.2, 0) is 0 Å². The second kappa shape index (κ2) is 5.78. The van der Waals surface area contributed by atoms with Crippen molar-refractivity contribution in [3.05, 3.63) is 21.7 Å². The number of rotatable bonds is 1. The van der Waals surface area contributed by atoms with Crippen molar-refractivity contribution >= 4 is 33.1 Å². The highest BCUT2D eigenvalue weighted by atomic mass is 32.1. The van der Waals surface area contributed by atoms with Crippen LogP contribution in [0.3, 0.4) is 0 Å². The number of carbonyl (C=O) groups excluding carboxylic acids is 1. The Morgan fingerprint density at radius 1 is 1.17 bits per heavy atom. The van der Waals surface area contributed by atoms with Gasteiger partial charge in [0.25, 0.3) is 5.91 Å². The second-order valence-electron chi connectivity index (χ2n) is 6.81. The van der Waals surface area contributed by atoms with Gasteiger partial charge in [-0.2, -0.15) is 0 Å². The van der Waals surface area contributed by atoms with Crippen molar-refractivity contribution in [2.24, 2.45) is 0 Å². The summed E-state index contributed by atoms with van der Waals surface area (Å²) in [6, 6.07) is 0.543. The van der Waals surface area contributed by atoms with Crippen LogP contribution in [0.1, 0.15) is 59.6 Å². The zero-order valence-electron chi connectivity index (χ0n) is 14.6. The lowest BCUT2D eigenvalue weighted by molar-refractivity contribution is 0.0517. The van der Waals surface area contributed by atoms with Gasteiger partial charge in [-0.15, -0.1) is 11.3 Å². The number of pyridine rings is 1. The molecule has 1 saturated heterocycles. The molecule has 1 fully saturated rings. The Labute approximate surface area is 141 Å². The van der Waals surface area contributed by atoms with E-state index in [0.717, 1.165) is 39.9 Å². The number of nitrogens with zero attached hydrogens (tertiary/aromatic N) is 2. The third kappa shape index (κ3) is 2.51. The highest BCUT2D eigenvalue weighted by Gasteiger charge is 2.32. The zero-order valence-corrected chi connectivity index (χ0v) is 15.4. The molecule has 0 radical (unpaired) electrons. The standard InChI is InChI=1S/C18H25N3OS/c1-9-7-6-8-10(2)21(9)18(22)16-15(19)14-12(4)11(3)13(5)20-17(14)23-16/h9-10H,6-8,19H2,1-5H3/t9-,10-/m0/s1. The molecule has 0 bridgehead atoms. The first kappa shape index (κ1) is 16.2. The van der Waals surface area contributed by atoms with E-state index < -0.39 is 0 Å². The van der Waals surface area contributed by atoms with E-state index in [1.807, 2.05) is 11.8 Å². The van der Waals surface area contributed by atoms with E-state index in [2.05, 4.69) is 32.7 Å². The lowest BCUT2D eigenvalue weighted by Crippen LogP contribution is -2.47. The highest BCUT2D eigenvalue weighted by Crippen LogP contribution is 2.38. The van der Waals surface area contributed by atoms with Crippen molar-refractivity contribution in [1.82, 2.24) is 9.88 Å². The summed E-state index contributed by atoms with van der Waals surface area (Å²) < 4.78 is 0. The third-order valence-corrected chi connectivity index (χ3v) is 6.39. The molecular weight excluding hydrogens is 306 g/mol. The number of hydrogen-bond acceptors (Lipinski definition) is 4. The van der Waals surface area contributed by atoms with E-state index in [1.165, 1.54) is 17.8 Å². The predicted octanol–water partition coefficient (Wildman–Crippen LogP) is 4.21. The molecule has 3 rings (SSSR count). The van der Waals surface area contributed by atoms with Gasteiger partial charge in [-0.3, -0.25) is 4.79 Å². The average molecular weight is 331 g/mol. The molecule has 0 saturated carbocycles. The lowest BCUT2D eigenvalue weighted by Gasteiger charge is -2.38. The van der Waals surface area contributed by atoms with E-state index >= 15 is 0 Å². The molecule has 2 N–H and O–H groups in total. The summed E-state index contributed by atoms with van der Waals surface area (Å²) in [7, 11) is 0. The van der Waals surface area contributed by atoms with Gasteiger partial charge in [0.15, 0.2) is 0 Å². The molecule has 3 heterocycles. The van der Waals surface area contributed by atoms with Crippen molar-refractivity contribution in [2.45, 2.75) is 66.0 Å². The summed E-state index contributed by atoms with van der Waals surface area (Å²) in [4.78, 5) is 21.3. The van der Waals surface area contributed by atoms with Crippen molar-refractivity contribution in [2.75, 3.05) is 5.73 Å². The van der Waals surface area contributed by atoms with E-state index in [0.29, 0.717) is 10.6 Å². The number of likely N-dealkylation sites (tertiary alicyclic amines) is 1. The Morgan fingerprint density at radius 3 is 2.39 bits per heavy atom. The first-order chi connectivity index (χ1) is 10.8. The number of fused-ring (bicyclic) bond motifs is 1. The van der Waals surface area contributed by atoms with Gasteiger partial charge in [-0.05, 0) is 65.0 Å². The van der Waals surface area contributed by atoms with Crippen LogP contribution in [0.15, 0.2) is 0 Å². The maximum Gasteiger partial charge on any atom is 0.266 e. The number of amides is 1. The number of carbonyl (C=O) groups is 1. The third-order valence-electron chi connectivity index (χ3n) is 5.30. The van der Waals surface area contributed by atoms with E-state index in [-0.39, 0.29) is 18.0 Å². The van der Waals surface area contributed by atoms with Crippen LogP contribution in [0.25, 0.3) is 10.2 Å². The Bertz CT molecular complexity index is 770. The van der Waals surface area contributed by atoms with Gasteiger partial charge >= 0.3 is 0 Å². The summed E-state index contributed by atoms with van der Waals surface area (Å²) in [6.07, 6.45) is 3.32. The molecule has 4 nitrogen and oxygen atoms in total. The molecule has 0 aliphatic carbocycles. The van der Waals surface area contributed by atoms with E-state index in [1.54, 1.807) is 0 Å². The number of aryl methyl sites for hydroxylation is 2. The fourth-order valence-corrected chi connectivity index (χ4v) is 4.81. The van der Waals surface area contributed by atoms with Gasteiger partial charge in [0.1, 0.15) is 9.71 Å². The Hall–Kier alpha value is -1.62. The van der Waals surface area contributed by atoms with Gasteiger partial charge in [0.05, 0.1) is 5.69 Å². The zero-order chi connectivity index (χ0) is 16.9. The SMILES string of the molecule is Cc1nc2sc(C(=O)N3[C@@H](C)CCC[C@@H]3C)c(N)c2c(C)c1C. The fourth-order valence-electron chi connectivity index (χ4n) is 3.67. The number of hydrogen-bond donors (Lipinski definition) is 1. The minimum Gasteiger partial charge on any atom is -0.397 e. The molecule has 2 atom stereocenters. The van der Waals surface area contributed by atoms with Crippen LogP contribution in [0.2, 0.25) is 0 Å². The molecule has 23 heavy (non-hydrogen) atoms. The molecule has 1 amide bonds. The topological polar surface area (TPSA) is 59.2 Å². The second-order valence-corrected chi connectivity index (χ2v) is 7.81. The summed E-state index contributed by atoms with van der Waals surface area (Å²) in [6.45, 7) is 10.4. The van der Waals surface area contributed by atoms with E-state index in [9.17, 15) is 4.79 Å². The number of nitrogens with two attached hydrogens (primary N) is 1. The smallest absolute Gasteiger partial charge is 0.266 e. The minimum absolute atomic E-state index is 0.0694. The predicted molar refractivity (Wildman–Crippen MR) is 97.2 cm³/mol. The normalized spacial score (nSPS) is 21.9. The van der Waals surface area contributed by atoms with Crippen molar-refractivity contribution in [3.8, 4) is 0 Å². The maximum absolute atomic E-state index is 13.1. The maximum atomic E-state index is 13.1. The van der Waals surface area contributed by atoms with Gasteiger partial charge in [0, 0.05) is 23.2 Å². The lowest BCUT2D eigenvalue weighted by atomic mass is 9.97. The molecule has 0 unspecified atom stereocenters. The van der Waals surface area contributed by atoms with Gasteiger partial charge in [0.2, 0.25) is 0 Å². The monoisotopic (exact) mass is 331 g/mol. The largest absolute Gasteiger partial charge is 0.397 e. The summed E-state index contributed by atoms with van der Waals surface area (Å²) in [5.41, 5.74) is 10.3. The molecule has 1 aliphatic rings. The first-order valence-electron chi connectivity index (χ1n) is 8.31. The minimum atomic E-state index is 0.0694. The fraction of sp³-hybridized carbons (Fsp3) is 0.556. The Balaban J connectivity index is 2.11. The molecule has 5 heteroatoms. The highest BCUT2D eigenvalue weighted by molar-refractivity contribution is 7.21. The molecule has 2 aromatic rings. The number of anilines is 1. The Kier molecular flexibility index (Phi) is 4.08. The van der Waals surface area contributed by atoms with Crippen molar-refractivity contribution in [3.63, 3.8) is 0 Å². The van der Waals surface area contributed by atoms with Crippen LogP contribution in [0.5, 0.6) is 0 Å². The van der Waals surface area contributed by atoms with Crippen LogP contribution >= 0.6 is 11.3 Å². The number of nitrogen functional groups attached to an aromatic ring is 1. The van der Waals surface area contributed by atoms with Crippen LogP contribution in [0, 0.1) is 20.8 Å². The number of thiophene rings is 1. The van der Waals surface area contributed by atoms with Crippen molar-refractivity contribution in [1.29, 1.82) is 0 Å². The van der Waals surface area contributed by atoms with Crippen LogP contribution in [-0.4, -0.2) is 27.9 Å². The molecular formula is C18H25N3OS. The Morgan fingerprint density at radius 2 is 1.78 bits per heavy atom. The number of aromatic nitrogens is 1. The van der Waals surface area contributed by atoms with Crippen LogP contribution < -0.4 is 5.73 Å². The van der Waals surface area contributed by atoms with Gasteiger partial charge in [-0.1, -0.05) is 0 Å². The van der Waals surface area contributed by atoms with E-state index in [4.69, 9.17) is 5.73 Å². The molecule has 2 aromatic heterocycles. The first-order valence-corrected chi connectivity index (χ1v) is 9.13. The van der Waals surface area contributed by atoms with Gasteiger partial charge < -0.3 is 10.6 Å². The molecule has 0 aromatic carbocycles. The summed E-state index contributed by atoms with van der Waals surface area (Å²) in [5, 5.41) is 0.957. The average Bonchev–Trinajstić information content (AvgIpc) is 2.81. The quantitative estimate of drug-likeness (QED) is 0.851. The molecule has 124 valence electrons. The summed E-state index contributed by atoms with van der Waals surface area (Å²) in [5.74, 6) is 0.0694. The van der Waals surface area contributed by atoms with Crippen molar-refractivity contribution < 1.29 is 4.79 Å². The molecule has 1 aliphatic heterocycles. The molecule has 0 spiro atoms. The summed E-state index contributed by atoms with van der Waals surface area (Å²) >= 11 is 1.44. The van der Waals surface area contributed by atoms with Gasteiger partial charge in [-0.25, -0.2) is 4.98 Å². The van der Waals surface area contributed by atoms with Crippen LogP contribution in [0.4, 0.5) is 5.69 Å². The number of piperidine rings is 1.